The number of nitrogens with two attached hydrogens (primary N) is 1. The molecule has 2 aromatic rings. The Morgan fingerprint density at radius 1 is 1.32 bits per heavy atom. The molecule has 3 heterocycles. The maximum atomic E-state index is 14.2. The molecule has 0 amide bonds. The first-order chi connectivity index (χ1) is 19.4. The number of aromatic nitrogens is 3. The molecular weight excluding hydrogens is 561 g/mol. The van der Waals surface area contributed by atoms with Crippen LogP contribution in [0, 0.1) is 11.3 Å². The summed E-state index contributed by atoms with van der Waals surface area (Å²) in [6.45, 7) is 6.93. The van der Waals surface area contributed by atoms with Crippen LogP contribution in [0.2, 0.25) is 0 Å². The second kappa shape index (κ2) is 11.9. The summed E-state index contributed by atoms with van der Waals surface area (Å²) < 4.78 is 43.4. The van der Waals surface area contributed by atoms with E-state index in [1.165, 1.54) is 30.9 Å². The number of esters is 1. The van der Waals surface area contributed by atoms with E-state index in [-0.39, 0.29) is 24.5 Å². The van der Waals surface area contributed by atoms with Gasteiger partial charge in [0.05, 0.1) is 18.3 Å². The summed E-state index contributed by atoms with van der Waals surface area (Å²) in [5, 5.41) is 42.1. The fourth-order valence-corrected chi connectivity index (χ4v) is 7.11. The third-order valence-electron chi connectivity index (χ3n) is 7.11. The van der Waals surface area contributed by atoms with Crippen molar-refractivity contribution in [2.75, 3.05) is 26.1 Å². The average molecular weight is 598 g/mol. The molecule has 0 bridgehead atoms. The number of nitriles is 1. The van der Waals surface area contributed by atoms with Gasteiger partial charge in [0.15, 0.2) is 12.1 Å². The van der Waals surface area contributed by atoms with Crippen LogP contribution in [0.1, 0.15) is 39.8 Å². The van der Waals surface area contributed by atoms with Crippen molar-refractivity contribution in [3.63, 3.8) is 0 Å². The number of ether oxygens (including phenoxy) is 4. The van der Waals surface area contributed by atoms with Crippen LogP contribution in [0.5, 0.6) is 0 Å². The Labute approximate surface area is 236 Å². The van der Waals surface area contributed by atoms with Crippen LogP contribution in [0.25, 0.3) is 5.52 Å². The van der Waals surface area contributed by atoms with E-state index in [1.54, 1.807) is 26.8 Å². The first-order valence-electron chi connectivity index (χ1n) is 13.1. The molecule has 2 aliphatic rings. The van der Waals surface area contributed by atoms with Crippen LogP contribution in [-0.4, -0.2) is 93.4 Å². The Hall–Kier alpha value is -2.71. The number of nitrogens with one attached hydrogen (secondary N) is 2. The molecule has 4 rings (SSSR count). The second-order valence-corrected chi connectivity index (χ2v) is 11.7. The van der Waals surface area contributed by atoms with Crippen molar-refractivity contribution >= 4 is 25.0 Å². The molecule has 1 spiro atoms. The number of hydrogen-bond acceptors (Lipinski definition) is 13. The first-order valence-corrected chi connectivity index (χ1v) is 14.8. The summed E-state index contributed by atoms with van der Waals surface area (Å²) in [5.74, 6) is -0.527. The van der Waals surface area contributed by atoms with Crippen LogP contribution in [-0.2, 0) is 38.4 Å². The van der Waals surface area contributed by atoms with Crippen molar-refractivity contribution in [2.45, 2.75) is 82.0 Å². The standard InChI is InChI=1S/C24H36N7O9P/c1-6-37-21(34)13(3)29-41(35,30-14(4)22(36-5)38-7-2)39-17-10-23(17)18(32)19(33)24(11-25,40-23)16-9-8-15-20(26)27-12-28-31(15)16/h8-9,12-14,17-19,22,32-33H,6-7,10H2,1-5H3,(H2,26,27,28)(H2,29,30,35)/t13-,14-,17-,18-,19+,22?,23?,24-,41?/m0/s1. The highest BCUT2D eigenvalue weighted by molar-refractivity contribution is 7.54. The van der Waals surface area contributed by atoms with E-state index in [4.69, 9.17) is 29.2 Å². The molecule has 9 atom stereocenters. The number of hydrogen-bond donors (Lipinski definition) is 5. The van der Waals surface area contributed by atoms with Crippen LogP contribution in [0.15, 0.2) is 18.5 Å². The summed E-state index contributed by atoms with van der Waals surface area (Å²) in [6, 6.07) is 3.27. The second-order valence-electron chi connectivity index (χ2n) is 9.88. The summed E-state index contributed by atoms with van der Waals surface area (Å²) in [5.41, 5.74) is 2.72. The lowest BCUT2D eigenvalue weighted by Crippen LogP contribution is -2.45. The number of nitrogen functional groups attached to an aromatic ring is 1. The predicted molar refractivity (Wildman–Crippen MR) is 142 cm³/mol. The summed E-state index contributed by atoms with van der Waals surface area (Å²) in [6.07, 6.45) is -4.06. The Balaban J connectivity index is 1.62. The minimum Gasteiger partial charge on any atom is -0.465 e. The van der Waals surface area contributed by atoms with Gasteiger partial charge in [-0.1, -0.05) is 0 Å². The number of carbonyl (C=O) groups is 1. The molecule has 3 unspecified atom stereocenters. The Bertz CT molecular complexity index is 1350. The zero-order valence-corrected chi connectivity index (χ0v) is 24.3. The van der Waals surface area contributed by atoms with E-state index < -0.39 is 61.5 Å². The van der Waals surface area contributed by atoms with Crippen LogP contribution < -0.4 is 15.9 Å². The third kappa shape index (κ3) is 5.57. The maximum absolute atomic E-state index is 14.2. The first kappa shape index (κ1) is 31.2. The molecule has 1 aliphatic heterocycles. The predicted octanol–water partition coefficient (Wildman–Crippen LogP) is -0.0535. The number of fused-ring (bicyclic) bond motifs is 1. The topological polar surface area (TPSA) is 225 Å². The van der Waals surface area contributed by atoms with Crippen LogP contribution in [0.4, 0.5) is 5.82 Å². The molecule has 2 fully saturated rings. The SMILES string of the molecule is CCOC(=O)[C@H](C)NP(=O)(N[C@@H](C)C(OC)OCC)O[C@H]1CC12O[C@@](C#N)(c1ccc3c(N)ncnn13)[C@H](O)[C@@H]2O. The quantitative estimate of drug-likeness (QED) is 0.116. The lowest BCUT2D eigenvalue weighted by atomic mass is 9.92. The Morgan fingerprint density at radius 3 is 2.68 bits per heavy atom. The number of anilines is 1. The van der Waals surface area contributed by atoms with Gasteiger partial charge in [-0.05, 0) is 39.8 Å². The molecule has 2 aromatic heterocycles. The normalized spacial score (nSPS) is 30.9. The van der Waals surface area contributed by atoms with E-state index >= 15 is 0 Å². The monoisotopic (exact) mass is 597 g/mol. The maximum Gasteiger partial charge on any atom is 0.342 e. The van der Waals surface area contributed by atoms with Crippen molar-refractivity contribution in [1.82, 2.24) is 24.8 Å². The molecule has 1 saturated carbocycles. The molecule has 16 nitrogen and oxygen atoms in total. The third-order valence-corrected chi connectivity index (χ3v) is 9.14. The number of rotatable bonds is 13. The Morgan fingerprint density at radius 2 is 2.05 bits per heavy atom. The zero-order valence-electron chi connectivity index (χ0n) is 23.4. The molecule has 0 radical (unpaired) electrons. The molecule has 226 valence electrons. The van der Waals surface area contributed by atoms with E-state index in [9.17, 15) is 24.8 Å². The fraction of sp³-hybridized carbons (Fsp3) is 0.667. The minimum atomic E-state index is -4.13. The van der Waals surface area contributed by atoms with Crippen molar-refractivity contribution < 1.29 is 43.0 Å². The van der Waals surface area contributed by atoms with Crippen molar-refractivity contribution in [3.8, 4) is 6.07 Å². The highest BCUT2D eigenvalue weighted by Crippen LogP contribution is 2.61. The van der Waals surface area contributed by atoms with Gasteiger partial charge in [0.25, 0.3) is 0 Å². The van der Waals surface area contributed by atoms with E-state index in [0.717, 1.165) is 0 Å². The highest BCUT2D eigenvalue weighted by Gasteiger charge is 2.76. The number of methoxy groups -OCH3 is 1. The number of aliphatic hydroxyl groups is 2. The van der Waals surface area contributed by atoms with Gasteiger partial charge in [0.1, 0.15) is 47.9 Å². The molecule has 1 aliphatic carbocycles. The molecule has 17 heteroatoms. The largest absolute Gasteiger partial charge is 0.465 e. The molecular formula is C24H36N7O9P. The van der Waals surface area contributed by atoms with Crippen molar-refractivity contribution in [3.05, 3.63) is 24.2 Å². The van der Waals surface area contributed by atoms with Crippen molar-refractivity contribution in [1.29, 1.82) is 5.26 Å². The van der Waals surface area contributed by atoms with Crippen LogP contribution >= 0.6 is 7.67 Å². The lowest BCUT2D eigenvalue weighted by Gasteiger charge is -2.30. The van der Waals surface area contributed by atoms with Gasteiger partial charge < -0.3 is 34.9 Å². The van der Waals surface area contributed by atoms with E-state index in [1.807, 2.05) is 6.07 Å². The molecule has 1 saturated heterocycles. The molecule has 0 aromatic carbocycles. The zero-order chi connectivity index (χ0) is 30.2. The minimum absolute atomic E-state index is 0.0240. The van der Waals surface area contributed by atoms with E-state index in [2.05, 4.69) is 20.3 Å². The summed E-state index contributed by atoms with van der Waals surface area (Å²) in [4.78, 5) is 16.3. The van der Waals surface area contributed by atoms with E-state index in [0.29, 0.717) is 12.1 Å². The lowest BCUT2D eigenvalue weighted by molar-refractivity contribution is -0.144. The fourth-order valence-electron chi connectivity index (χ4n) is 5.03. The van der Waals surface area contributed by atoms with Gasteiger partial charge in [-0.25, -0.2) is 19.7 Å². The Kier molecular flexibility index (Phi) is 9.05. The number of aliphatic hydroxyl groups excluding tert-OH is 2. The smallest absolute Gasteiger partial charge is 0.342 e. The van der Waals surface area contributed by atoms with Gasteiger partial charge in [-0.15, -0.1) is 0 Å². The van der Waals surface area contributed by atoms with Crippen molar-refractivity contribution in [2.24, 2.45) is 0 Å². The van der Waals surface area contributed by atoms with Gasteiger partial charge in [0, 0.05) is 20.1 Å². The van der Waals surface area contributed by atoms with Gasteiger partial charge in [0.2, 0.25) is 5.60 Å². The summed E-state index contributed by atoms with van der Waals surface area (Å²) >= 11 is 0. The highest BCUT2D eigenvalue weighted by atomic mass is 31.2. The number of nitrogens with zero attached hydrogens (tertiary/aromatic N) is 4. The number of carbonyl (C=O) groups excluding carboxylic acids is 1. The van der Waals surface area contributed by atoms with Gasteiger partial charge in [-0.3, -0.25) is 13.9 Å². The van der Waals surface area contributed by atoms with Crippen LogP contribution in [0.3, 0.4) is 0 Å². The summed E-state index contributed by atoms with van der Waals surface area (Å²) in [7, 11) is -2.71. The molecule has 41 heavy (non-hydrogen) atoms. The average Bonchev–Trinajstić information content (AvgIpc) is 3.31. The van der Waals surface area contributed by atoms with Gasteiger partial charge >= 0.3 is 13.6 Å². The van der Waals surface area contributed by atoms with Gasteiger partial charge in [-0.2, -0.15) is 10.4 Å². The molecule has 6 N–H and O–H groups in total.